The highest BCUT2D eigenvalue weighted by atomic mass is 32.2. The average molecular weight is 346 g/mol. The molecule has 0 saturated heterocycles. The number of carbonyl (C=O) groups is 1. The molecule has 0 radical (unpaired) electrons. The molecule has 1 N–H and O–H groups in total. The third-order valence-corrected chi connectivity index (χ3v) is 4.51. The van der Waals surface area contributed by atoms with Crippen LogP contribution in [0.25, 0.3) is 0 Å². The Bertz CT molecular complexity index is 706. The van der Waals surface area contributed by atoms with Gasteiger partial charge in [0.1, 0.15) is 5.75 Å². The van der Waals surface area contributed by atoms with Crippen molar-refractivity contribution in [2.75, 3.05) is 24.4 Å². The van der Waals surface area contributed by atoms with Crippen LogP contribution in [0.2, 0.25) is 0 Å². The van der Waals surface area contributed by atoms with Gasteiger partial charge in [0.15, 0.2) is 5.75 Å². The second-order valence-electron chi connectivity index (χ2n) is 5.54. The van der Waals surface area contributed by atoms with Crippen LogP contribution in [0, 0.1) is 0 Å². The van der Waals surface area contributed by atoms with Gasteiger partial charge < -0.3 is 15.0 Å². The Morgan fingerprint density at radius 2 is 1.79 bits per heavy atom. The Hall–Kier alpha value is -2.34. The van der Waals surface area contributed by atoms with E-state index in [1.54, 1.807) is 30.3 Å². The summed E-state index contributed by atoms with van der Waals surface area (Å²) < 4.78 is 17.2. The van der Waals surface area contributed by atoms with Crippen LogP contribution in [-0.4, -0.2) is 40.2 Å². The van der Waals surface area contributed by atoms with Gasteiger partial charge in [-0.1, -0.05) is 30.3 Å². The number of para-hydroxylation sites is 3. The third-order valence-electron chi connectivity index (χ3n) is 3.56. The van der Waals surface area contributed by atoms with Gasteiger partial charge in [-0.3, -0.25) is 4.21 Å². The molecule has 0 aliphatic carbocycles. The number of rotatable bonds is 6. The lowest BCUT2D eigenvalue weighted by molar-refractivity contribution is 0.212. The smallest absolute Gasteiger partial charge is 0.321 e. The molecule has 2 aromatic carbocycles. The van der Waals surface area contributed by atoms with Gasteiger partial charge in [0, 0.05) is 35.9 Å². The summed E-state index contributed by atoms with van der Waals surface area (Å²) in [5.74, 6) is 1.70. The highest BCUT2D eigenvalue weighted by Gasteiger charge is 2.18. The number of carbonyl (C=O) groups excluding carboxylic acids is 1. The molecule has 0 fully saturated rings. The van der Waals surface area contributed by atoms with Crippen molar-refractivity contribution in [2.24, 2.45) is 0 Å². The first-order valence-corrected chi connectivity index (χ1v) is 9.36. The average Bonchev–Trinajstić information content (AvgIpc) is 2.56. The Labute approximate surface area is 145 Å². The van der Waals surface area contributed by atoms with Crippen LogP contribution in [0.15, 0.2) is 54.6 Å². The summed E-state index contributed by atoms with van der Waals surface area (Å²) in [5.41, 5.74) is 0.586. The van der Waals surface area contributed by atoms with Crippen LogP contribution in [0.4, 0.5) is 10.5 Å². The molecule has 6 heteroatoms. The van der Waals surface area contributed by atoms with Crippen molar-refractivity contribution in [3.05, 3.63) is 54.6 Å². The van der Waals surface area contributed by atoms with E-state index in [1.165, 1.54) is 0 Å². The summed E-state index contributed by atoms with van der Waals surface area (Å²) in [5, 5.41) is 2.85. The van der Waals surface area contributed by atoms with Gasteiger partial charge in [0.05, 0.1) is 5.69 Å². The van der Waals surface area contributed by atoms with Gasteiger partial charge in [-0.15, -0.1) is 0 Å². The number of urea groups is 1. The minimum absolute atomic E-state index is 0.127. The fourth-order valence-corrected chi connectivity index (χ4v) is 3.03. The first-order chi connectivity index (χ1) is 11.5. The Balaban J connectivity index is 2.09. The third kappa shape index (κ3) is 5.09. The minimum atomic E-state index is -0.957. The van der Waals surface area contributed by atoms with Gasteiger partial charge in [0.2, 0.25) is 0 Å². The van der Waals surface area contributed by atoms with Crippen molar-refractivity contribution >= 4 is 22.5 Å². The second-order valence-corrected chi connectivity index (χ2v) is 7.02. The molecule has 0 aliphatic heterocycles. The number of amides is 2. The Morgan fingerprint density at radius 3 is 2.46 bits per heavy atom. The molecule has 0 saturated carbocycles. The standard InChI is InChI=1S/C18H22N2O3S/c1-14(13-24(3)22)20(2)18(21)19-16-11-7-8-12-17(16)23-15-9-5-4-6-10-15/h4-12,14H,13H2,1-3H3,(H,19,21)/t14-,24-/m0/s1. The van der Waals surface area contributed by atoms with Gasteiger partial charge in [-0.25, -0.2) is 4.79 Å². The topological polar surface area (TPSA) is 58.6 Å². The van der Waals surface area contributed by atoms with Gasteiger partial charge in [-0.2, -0.15) is 0 Å². The lowest BCUT2D eigenvalue weighted by Crippen LogP contribution is -2.40. The molecule has 0 spiro atoms. The van der Waals surface area contributed by atoms with Crippen LogP contribution in [0.5, 0.6) is 11.5 Å². The summed E-state index contributed by atoms with van der Waals surface area (Å²) in [6, 6.07) is 16.3. The van der Waals surface area contributed by atoms with Crippen molar-refractivity contribution in [2.45, 2.75) is 13.0 Å². The first kappa shape index (κ1) is 18.0. The Kier molecular flexibility index (Phi) is 6.37. The normalized spacial score (nSPS) is 13.0. The maximum absolute atomic E-state index is 12.4. The number of nitrogens with one attached hydrogen (secondary N) is 1. The van der Waals surface area contributed by atoms with Crippen molar-refractivity contribution in [1.82, 2.24) is 4.90 Å². The van der Waals surface area contributed by atoms with E-state index in [4.69, 9.17) is 4.74 Å². The molecule has 0 aliphatic rings. The Morgan fingerprint density at radius 1 is 1.17 bits per heavy atom. The molecule has 0 bridgehead atoms. The van der Waals surface area contributed by atoms with Crippen LogP contribution < -0.4 is 10.1 Å². The monoisotopic (exact) mass is 346 g/mol. The largest absolute Gasteiger partial charge is 0.455 e. The van der Waals surface area contributed by atoms with Gasteiger partial charge in [0.25, 0.3) is 0 Å². The summed E-state index contributed by atoms with van der Waals surface area (Å²) in [4.78, 5) is 13.9. The molecule has 2 aromatic rings. The molecule has 128 valence electrons. The van der Waals surface area contributed by atoms with Crippen molar-refractivity contribution in [1.29, 1.82) is 0 Å². The van der Waals surface area contributed by atoms with E-state index in [0.29, 0.717) is 22.9 Å². The van der Waals surface area contributed by atoms with E-state index in [2.05, 4.69) is 5.32 Å². The van der Waals surface area contributed by atoms with E-state index in [-0.39, 0.29) is 12.1 Å². The fraction of sp³-hybridized carbons (Fsp3) is 0.278. The number of hydrogen-bond donors (Lipinski definition) is 1. The predicted molar refractivity (Wildman–Crippen MR) is 98.1 cm³/mol. The van der Waals surface area contributed by atoms with E-state index in [9.17, 15) is 9.00 Å². The predicted octanol–water partition coefficient (Wildman–Crippen LogP) is 3.71. The molecular formula is C18H22N2O3S. The van der Waals surface area contributed by atoms with Gasteiger partial charge >= 0.3 is 6.03 Å². The number of hydrogen-bond acceptors (Lipinski definition) is 3. The lowest BCUT2D eigenvalue weighted by Gasteiger charge is -2.25. The van der Waals surface area contributed by atoms with Crippen LogP contribution in [0.1, 0.15) is 6.92 Å². The van der Waals surface area contributed by atoms with E-state index in [1.807, 2.05) is 49.4 Å². The van der Waals surface area contributed by atoms with Crippen LogP contribution >= 0.6 is 0 Å². The SMILES string of the molecule is C[C@@H](C[S@](C)=O)N(C)C(=O)Nc1ccccc1Oc1ccccc1. The molecule has 0 aromatic heterocycles. The quantitative estimate of drug-likeness (QED) is 0.867. The first-order valence-electron chi connectivity index (χ1n) is 7.63. The van der Waals surface area contributed by atoms with E-state index < -0.39 is 10.8 Å². The van der Waals surface area contributed by atoms with Crippen molar-refractivity contribution in [3.63, 3.8) is 0 Å². The zero-order valence-corrected chi connectivity index (χ0v) is 14.9. The summed E-state index contributed by atoms with van der Waals surface area (Å²) >= 11 is 0. The zero-order chi connectivity index (χ0) is 17.5. The van der Waals surface area contributed by atoms with E-state index >= 15 is 0 Å². The molecule has 0 unspecified atom stereocenters. The summed E-state index contributed by atoms with van der Waals surface area (Å²) in [6.07, 6.45) is 1.63. The number of benzene rings is 2. The molecular weight excluding hydrogens is 324 g/mol. The van der Waals surface area contributed by atoms with Crippen molar-refractivity contribution in [3.8, 4) is 11.5 Å². The highest BCUT2D eigenvalue weighted by molar-refractivity contribution is 7.84. The molecule has 24 heavy (non-hydrogen) atoms. The molecule has 2 atom stereocenters. The molecule has 2 amide bonds. The number of ether oxygens (including phenoxy) is 1. The molecule has 0 heterocycles. The summed E-state index contributed by atoms with van der Waals surface area (Å²) in [7, 11) is 0.731. The second kappa shape index (κ2) is 8.49. The lowest BCUT2D eigenvalue weighted by atomic mass is 10.3. The fourth-order valence-electron chi connectivity index (χ4n) is 2.13. The minimum Gasteiger partial charge on any atom is -0.455 e. The zero-order valence-electron chi connectivity index (χ0n) is 14.1. The number of nitrogens with zero attached hydrogens (tertiary/aromatic N) is 1. The maximum atomic E-state index is 12.4. The van der Waals surface area contributed by atoms with Crippen LogP contribution in [0.3, 0.4) is 0 Å². The molecule has 5 nitrogen and oxygen atoms in total. The number of anilines is 1. The summed E-state index contributed by atoms with van der Waals surface area (Å²) in [6.45, 7) is 1.87. The molecule has 2 rings (SSSR count). The highest BCUT2D eigenvalue weighted by Crippen LogP contribution is 2.29. The maximum Gasteiger partial charge on any atom is 0.321 e. The van der Waals surface area contributed by atoms with Crippen LogP contribution in [-0.2, 0) is 10.8 Å². The van der Waals surface area contributed by atoms with Gasteiger partial charge in [-0.05, 0) is 31.2 Å². The van der Waals surface area contributed by atoms with Crippen molar-refractivity contribution < 1.29 is 13.7 Å². The van der Waals surface area contributed by atoms with E-state index in [0.717, 1.165) is 0 Å².